The number of hydrogen-bond donors (Lipinski definition) is 2. The van der Waals surface area contributed by atoms with Crippen LogP contribution in [0.15, 0.2) is 48.5 Å². The van der Waals surface area contributed by atoms with Crippen molar-refractivity contribution in [3.63, 3.8) is 0 Å². The zero-order valence-electron chi connectivity index (χ0n) is 14.6. The Hall–Kier alpha value is -2.93. The van der Waals surface area contributed by atoms with Crippen molar-refractivity contribution in [2.24, 2.45) is 0 Å². The maximum atomic E-state index is 11.5. The SMILES string of the molecule is COC(=O)c1cccc(CNC(=S)NCc2cccc(C(=O)OC)c2)c1. The highest BCUT2D eigenvalue weighted by molar-refractivity contribution is 7.80. The molecule has 0 bridgehead atoms. The van der Waals surface area contributed by atoms with Crippen LogP contribution in [0.3, 0.4) is 0 Å². The molecule has 0 saturated carbocycles. The van der Waals surface area contributed by atoms with E-state index in [0.717, 1.165) is 11.1 Å². The van der Waals surface area contributed by atoms with E-state index in [2.05, 4.69) is 10.6 Å². The van der Waals surface area contributed by atoms with Crippen LogP contribution in [0.4, 0.5) is 0 Å². The van der Waals surface area contributed by atoms with E-state index in [9.17, 15) is 9.59 Å². The van der Waals surface area contributed by atoms with E-state index in [1.165, 1.54) is 14.2 Å². The van der Waals surface area contributed by atoms with Gasteiger partial charge in [0.2, 0.25) is 0 Å². The number of carbonyl (C=O) groups is 2. The third-order valence-electron chi connectivity index (χ3n) is 3.60. The van der Waals surface area contributed by atoms with Gasteiger partial charge >= 0.3 is 11.9 Å². The van der Waals surface area contributed by atoms with Crippen molar-refractivity contribution in [3.05, 3.63) is 70.8 Å². The Morgan fingerprint density at radius 1 is 0.846 bits per heavy atom. The first-order valence-electron chi connectivity index (χ1n) is 7.89. The van der Waals surface area contributed by atoms with Gasteiger partial charge in [-0.3, -0.25) is 0 Å². The third-order valence-corrected chi connectivity index (χ3v) is 3.89. The predicted octanol–water partition coefficient (Wildman–Crippen LogP) is 2.42. The smallest absolute Gasteiger partial charge is 0.337 e. The molecule has 0 spiro atoms. The molecule has 7 heteroatoms. The summed E-state index contributed by atoms with van der Waals surface area (Å²) in [4.78, 5) is 23.1. The van der Waals surface area contributed by atoms with Gasteiger partial charge < -0.3 is 20.1 Å². The van der Waals surface area contributed by atoms with E-state index in [1.54, 1.807) is 36.4 Å². The number of thiocarbonyl (C=S) groups is 1. The molecule has 0 aliphatic heterocycles. The van der Waals surface area contributed by atoms with Crippen molar-refractivity contribution < 1.29 is 19.1 Å². The molecule has 2 aromatic rings. The molecule has 0 aliphatic carbocycles. The first-order valence-corrected chi connectivity index (χ1v) is 8.30. The molecule has 26 heavy (non-hydrogen) atoms. The van der Waals surface area contributed by atoms with Crippen molar-refractivity contribution in [2.45, 2.75) is 13.1 Å². The van der Waals surface area contributed by atoms with Crippen LogP contribution in [-0.2, 0) is 22.6 Å². The summed E-state index contributed by atoms with van der Waals surface area (Å²) in [6.07, 6.45) is 0. The molecule has 136 valence electrons. The fourth-order valence-electron chi connectivity index (χ4n) is 2.28. The third kappa shape index (κ3) is 5.56. The number of benzene rings is 2. The van der Waals surface area contributed by atoms with Crippen molar-refractivity contribution >= 4 is 29.3 Å². The van der Waals surface area contributed by atoms with Crippen LogP contribution in [-0.4, -0.2) is 31.3 Å². The first kappa shape index (κ1) is 19.4. The molecular formula is C19H20N2O4S. The molecule has 0 atom stereocenters. The standard InChI is InChI=1S/C19H20N2O4S/c1-24-17(22)15-7-3-5-13(9-15)11-20-19(26)21-12-14-6-4-8-16(10-14)18(23)25-2/h3-10H,11-12H2,1-2H3,(H2,20,21,26). The van der Waals surface area contributed by atoms with Gasteiger partial charge in [-0.15, -0.1) is 0 Å². The van der Waals surface area contributed by atoms with Crippen LogP contribution in [0.1, 0.15) is 31.8 Å². The molecule has 0 aliphatic rings. The number of esters is 2. The predicted molar refractivity (Wildman–Crippen MR) is 102 cm³/mol. The van der Waals surface area contributed by atoms with Crippen LogP contribution in [0, 0.1) is 0 Å². The summed E-state index contributed by atoms with van der Waals surface area (Å²) in [5.41, 5.74) is 2.80. The fourth-order valence-corrected chi connectivity index (χ4v) is 2.42. The Morgan fingerprint density at radius 3 is 1.65 bits per heavy atom. The normalized spacial score (nSPS) is 9.92. The highest BCUT2D eigenvalue weighted by Crippen LogP contribution is 2.08. The molecule has 2 aromatic carbocycles. The van der Waals surface area contributed by atoms with E-state index in [-0.39, 0.29) is 11.9 Å². The lowest BCUT2D eigenvalue weighted by Gasteiger charge is -2.11. The van der Waals surface area contributed by atoms with E-state index in [1.807, 2.05) is 12.1 Å². The van der Waals surface area contributed by atoms with Crippen LogP contribution in [0.2, 0.25) is 0 Å². The summed E-state index contributed by atoms with van der Waals surface area (Å²) in [5, 5.41) is 6.63. The lowest BCUT2D eigenvalue weighted by Crippen LogP contribution is -2.34. The second kappa shape index (κ2) is 9.53. The minimum atomic E-state index is -0.377. The molecule has 0 unspecified atom stereocenters. The van der Waals surface area contributed by atoms with Gasteiger partial charge in [-0.05, 0) is 47.6 Å². The van der Waals surface area contributed by atoms with Crippen molar-refractivity contribution in [1.82, 2.24) is 10.6 Å². The number of ether oxygens (including phenoxy) is 2. The number of hydrogen-bond acceptors (Lipinski definition) is 5. The van der Waals surface area contributed by atoms with Gasteiger partial charge in [0, 0.05) is 13.1 Å². The largest absolute Gasteiger partial charge is 0.465 e. The van der Waals surface area contributed by atoms with Gasteiger partial charge in [0.15, 0.2) is 5.11 Å². The molecule has 0 saturated heterocycles. The van der Waals surface area contributed by atoms with Crippen molar-refractivity contribution in [3.8, 4) is 0 Å². The zero-order valence-corrected chi connectivity index (χ0v) is 15.4. The molecule has 0 fully saturated rings. The Kier molecular flexibility index (Phi) is 7.11. The van der Waals surface area contributed by atoms with Crippen LogP contribution < -0.4 is 10.6 Å². The molecule has 0 amide bonds. The van der Waals surface area contributed by atoms with Gasteiger partial charge in [-0.2, -0.15) is 0 Å². The number of methoxy groups -OCH3 is 2. The molecule has 2 rings (SSSR count). The van der Waals surface area contributed by atoms with E-state index < -0.39 is 0 Å². The lowest BCUT2D eigenvalue weighted by molar-refractivity contribution is 0.0591. The number of nitrogens with one attached hydrogen (secondary N) is 2. The Balaban J connectivity index is 1.86. The minimum absolute atomic E-state index is 0.377. The Bertz CT molecular complexity index is 742. The lowest BCUT2D eigenvalue weighted by atomic mass is 10.1. The van der Waals surface area contributed by atoms with Crippen molar-refractivity contribution in [1.29, 1.82) is 0 Å². The Morgan fingerprint density at radius 2 is 1.27 bits per heavy atom. The summed E-state index contributed by atoms with van der Waals surface area (Å²) < 4.78 is 9.42. The van der Waals surface area contributed by atoms with Gasteiger partial charge in [0.1, 0.15) is 0 Å². The second-order valence-electron chi connectivity index (χ2n) is 5.42. The summed E-state index contributed by atoms with van der Waals surface area (Å²) in [5.74, 6) is -0.754. The van der Waals surface area contributed by atoms with E-state index in [0.29, 0.717) is 29.3 Å². The first-order chi connectivity index (χ1) is 12.5. The summed E-state index contributed by atoms with van der Waals surface area (Å²) in [7, 11) is 2.70. The van der Waals surface area contributed by atoms with E-state index in [4.69, 9.17) is 21.7 Å². The Labute approximate surface area is 157 Å². The van der Waals surface area contributed by atoms with Gasteiger partial charge in [-0.1, -0.05) is 24.3 Å². The fraction of sp³-hybridized carbons (Fsp3) is 0.211. The number of carbonyl (C=O) groups excluding carboxylic acids is 2. The highest BCUT2D eigenvalue weighted by atomic mass is 32.1. The topological polar surface area (TPSA) is 76.7 Å². The minimum Gasteiger partial charge on any atom is -0.465 e. The van der Waals surface area contributed by atoms with Crippen molar-refractivity contribution in [2.75, 3.05) is 14.2 Å². The average molecular weight is 372 g/mol. The summed E-state index contributed by atoms with van der Waals surface area (Å²) in [6, 6.07) is 14.3. The van der Waals surface area contributed by atoms with Gasteiger partial charge in [-0.25, -0.2) is 9.59 Å². The maximum absolute atomic E-state index is 11.5. The highest BCUT2D eigenvalue weighted by Gasteiger charge is 2.07. The molecule has 0 aromatic heterocycles. The zero-order chi connectivity index (χ0) is 18.9. The molecule has 6 nitrogen and oxygen atoms in total. The van der Waals surface area contributed by atoms with Gasteiger partial charge in [0.25, 0.3) is 0 Å². The monoisotopic (exact) mass is 372 g/mol. The molecule has 2 N–H and O–H groups in total. The average Bonchev–Trinajstić information content (AvgIpc) is 2.69. The molecular weight excluding hydrogens is 352 g/mol. The molecule has 0 heterocycles. The van der Waals surface area contributed by atoms with Crippen LogP contribution in [0.25, 0.3) is 0 Å². The summed E-state index contributed by atoms with van der Waals surface area (Å²) >= 11 is 5.26. The second-order valence-corrected chi connectivity index (χ2v) is 5.83. The number of rotatable bonds is 6. The van der Waals surface area contributed by atoms with E-state index >= 15 is 0 Å². The van der Waals surface area contributed by atoms with Crippen LogP contribution >= 0.6 is 12.2 Å². The van der Waals surface area contributed by atoms with Gasteiger partial charge in [0.05, 0.1) is 25.3 Å². The molecule has 0 radical (unpaired) electrons. The maximum Gasteiger partial charge on any atom is 0.337 e. The quantitative estimate of drug-likeness (QED) is 0.596. The summed E-state index contributed by atoms with van der Waals surface area (Å²) in [6.45, 7) is 0.942. The van der Waals surface area contributed by atoms with Crippen LogP contribution in [0.5, 0.6) is 0 Å².